The first-order chi connectivity index (χ1) is 7.31. The van der Waals surface area contributed by atoms with Crippen LogP contribution in [0.5, 0.6) is 0 Å². The van der Waals surface area contributed by atoms with Gasteiger partial charge in [0.25, 0.3) is 0 Å². The lowest BCUT2D eigenvalue weighted by molar-refractivity contribution is 0.0947. The molecule has 0 aromatic carbocycles. The van der Waals surface area contributed by atoms with Crippen LogP contribution in [-0.2, 0) is 0 Å². The highest BCUT2D eigenvalue weighted by Gasteiger charge is 2.24. The maximum Gasteiger partial charge on any atom is 0.0471 e. The molecule has 0 aliphatic carbocycles. The van der Waals surface area contributed by atoms with Crippen molar-refractivity contribution in [2.45, 2.75) is 25.8 Å². The second-order valence-electron chi connectivity index (χ2n) is 4.38. The molecule has 1 fully saturated rings. The largest absolute Gasteiger partial charge is 0.396 e. The average molecular weight is 225 g/mol. The molecule has 0 saturated carbocycles. The lowest BCUT2D eigenvalue weighted by atomic mass is 9.97. The summed E-state index contributed by atoms with van der Waals surface area (Å²) in [5, 5.41) is 11.3. The molecule has 2 atom stereocenters. The Kier molecular flexibility index (Phi) is 3.78. The van der Waals surface area contributed by atoms with Gasteiger partial charge >= 0.3 is 0 Å². The van der Waals surface area contributed by atoms with E-state index in [1.54, 1.807) is 0 Å². The molecule has 2 rings (SSSR count). The van der Waals surface area contributed by atoms with Gasteiger partial charge in [-0.25, -0.2) is 0 Å². The molecule has 0 amide bonds. The highest BCUT2D eigenvalue weighted by Crippen LogP contribution is 2.28. The fraction of sp³-hybridized carbons (Fsp3) is 0.667. The molecule has 1 aliphatic heterocycles. The Balaban J connectivity index is 1.98. The smallest absolute Gasteiger partial charge is 0.0471 e. The highest BCUT2D eigenvalue weighted by atomic mass is 32.1. The number of likely N-dealkylation sites (tertiary alicyclic amines) is 1. The van der Waals surface area contributed by atoms with E-state index in [0.29, 0.717) is 18.6 Å². The van der Waals surface area contributed by atoms with Crippen LogP contribution in [0.2, 0.25) is 0 Å². The summed E-state index contributed by atoms with van der Waals surface area (Å²) in [6, 6.07) is 4.83. The van der Waals surface area contributed by atoms with E-state index in [1.165, 1.54) is 24.3 Å². The molecule has 1 aromatic heterocycles. The van der Waals surface area contributed by atoms with Gasteiger partial charge in [-0.3, -0.25) is 4.90 Å². The molecular formula is C12H19NOS. The maximum absolute atomic E-state index is 9.20. The third-order valence-electron chi connectivity index (χ3n) is 3.31. The van der Waals surface area contributed by atoms with Crippen molar-refractivity contribution in [3.8, 4) is 0 Å². The first-order valence-electron chi connectivity index (χ1n) is 5.69. The zero-order valence-corrected chi connectivity index (χ0v) is 10.0. The third kappa shape index (κ3) is 2.60. The van der Waals surface area contributed by atoms with Gasteiger partial charge in [-0.05, 0) is 43.7 Å². The monoisotopic (exact) mass is 225 g/mol. The van der Waals surface area contributed by atoms with Crippen LogP contribution in [0.1, 0.15) is 30.7 Å². The molecule has 0 radical (unpaired) electrons. The quantitative estimate of drug-likeness (QED) is 0.854. The van der Waals surface area contributed by atoms with Gasteiger partial charge in [0.05, 0.1) is 0 Å². The van der Waals surface area contributed by atoms with Gasteiger partial charge in [-0.2, -0.15) is 0 Å². The minimum absolute atomic E-state index is 0.341. The van der Waals surface area contributed by atoms with Crippen molar-refractivity contribution in [3.63, 3.8) is 0 Å². The number of aliphatic hydroxyl groups is 1. The third-order valence-corrected chi connectivity index (χ3v) is 4.35. The fourth-order valence-corrected chi connectivity index (χ4v) is 3.12. The van der Waals surface area contributed by atoms with Crippen LogP contribution in [0, 0.1) is 5.92 Å². The van der Waals surface area contributed by atoms with Crippen LogP contribution in [0.15, 0.2) is 17.5 Å². The lowest BCUT2D eigenvalue weighted by Crippen LogP contribution is -2.38. The maximum atomic E-state index is 9.20. The Morgan fingerprint density at radius 1 is 1.67 bits per heavy atom. The number of piperidine rings is 1. The zero-order chi connectivity index (χ0) is 10.7. The van der Waals surface area contributed by atoms with Crippen LogP contribution >= 0.6 is 11.3 Å². The van der Waals surface area contributed by atoms with Gasteiger partial charge < -0.3 is 5.11 Å². The van der Waals surface area contributed by atoms with Crippen LogP contribution in [-0.4, -0.2) is 29.7 Å². The molecule has 0 spiro atoms. The second kappa shape index (κ2) is 5.10. The van der Waals surface area contributed by atoms with Crippen molar-refractivity contribution in [3.05, 3.63) is 22.4 Å². The van der Waals surface area contributed by atoms with Gasteiger partial charge in [0.1, 0.15) is 0 Å². The van der Waals surface area contributed by atoms with E-state index in [2.05, 4.69) is 29.3 Å². The summed E-state index contributed by atoms with van der Waals surface area (Å²) >= 11 is 1.83. The van der Waals surface area contributed by atoms with Crippen molar-refractivity contribution in [1.82, 2.24) is 4.90 Å². The Morgan fingerprint density at radius 3 is 3.20 bits per heavy atom. The normalized spacial score (nSPS) is 25.3. The van der Waals surface area contributed by atoms with E-state index >= 15 is 0 Å². The summed E-state index contributed by atoms with van der Waals surface area (Å²) < 4.78 is 0. The zero-order valence-electron chi connectivity index (χ0n) is 9.22. The molecule has 1 saturated heterocycles. The average Bonchev–Trinajstić information content (AvgIpc) is 2.81. The second-order valence-corrected chi connectivity index (χ2v) is 5.36. The predicted molar refractivity (Wildman–Crippen MR) is 64.1 cm³/mol. The topological polar surface area (TPSA) is 23.5 Å². The van der Waals surface area contributed by atoms with Gasteiger partial charge in [-0.1, -0.05) is 6.07 Å². The number of aliphatic hydroxyl groups excluding tert-OH is 1. The van der Waals surface area contributed by atoms with Crippen LogP contribution < -0.4 is 0 Å². The van der Waals surface area contributed by atoms with Gasteiger partial charge in [0, 0.05) is 24.1 Å². The van der Waals surface area contributed by atoms with E-state index in [-0.39, 0.29) is 0 Å². The summed E-state index contributed by atoms with van der Waals surface area (Å²) in [6.07, 6.45) is 2.41. The standard InChI is InChI=1S/C12H19NOS/c1-10(12-5-3-7-15-12)13-6-2-4-11(8-13)9-14/h3,5,7,10-11,14H,2,4,6,8-9H2,1H3/t10-,11+/m0/s1. The number of hydrogen-bond acceptors (Lipinski definition) is 3. The van der Waals surface area contributed by atoms with Crippen molar-refractivity contribution >= 4 is 11.3 Å². The van der Waals surface area contributed by atoms with Crippen molar-refractivity contribution in [2.75, 3.05) is 19.7 Å². The highest BCUT2D eigenvalue weighted by molar-refractivity contribution is 7.10. The summed E-state index contributed by atoms with van der Waals surface area (Å²) in [6.45, 7) is 4.84. The Bertz CT molecular complexity index is 286. The molecule has 2 heterocycles. The molecule has 2 nitrogen and oxygen atoms in total. The van der Waals surface area contributed by atoms with E-state index in [0.717, 1.165) is 6.54 Å². The van der Waals surface area contributed by atoms with E-state index < -0.39 is 0 Å². The lowest BCUT2D eigenvalue weighted by Gasteiger charge is -2.35. The number of thiophene rings is 1. The molecular weight excluding hydrogens is 206 g/mol. The minimum Gasteiger partial charge on any atom is -0.396 e. The van der Waals surface area contributed by atoms with Crippen molar-refractivity contribution in [1.29, 1.82) is 0 Å². The molecule has 1 aromatic rings. The molecule has 0 unspecified atom stereocenters. The van der Waals surface area contributed by atoms with E-state index in [1.807, 2.05) is 11.3 Å². The summed E-state index contributed by atoms with van der Waals surface area (Å²) in [5.41, 5.74) is 0. The van der Waals surface area contributed by atoms with Gasteiger partial charge in [0.15, 0.2) is 0 Å². The molecule has 84 valence electrons. The van der Waals surface area contributed by atoms with Crippen LogP contribution in [0.4, 0.5) is 0 Å². The molecule has 1 N–H and O–H groups in total. The molecule has 0 bridgehead atoms. The summed E-state index contributed by atoms with van der Waals surface area (Å²) in [5.74, 6) is 0.487. The van der Waals surface area contributed by atoms with Crippen LogP contribution in [0.3, 0.4) is 0 Å². The van der Waals surface area contributed by atoms with Crippen LogP contribution in [0.25, 0.3) is 0 Å². The number of hydrogen-bond donors (Lipinski definition) is 1. The van der Waals surface area contributed by atoms with E-state index in [9.17, 15) is 5.11 Å². The number of rotatable bonds is 3. The Labute approximate surface area is 95.5 Å². The Morgan fingerprint density at radius 2 is 2.53 bits per heavy atom. The molecule has 15 heavy (non-hydrogen) atoms. The first kappa shape index (κ1) is 11.1. The fourth-order valence-electron chi connectivity index (χ4n) is 2.31. The van der Waals surface area contributed by atoms with Gasteiger partial charge in [0.2, 0.25) is 0 Å². The van der Waals surface area contributed by atoms with Gasteiger partial charge in [-0.15, -0.1) is 11.3 Å². The van der Waals surface area contributed by atoms with Crippen molar-refractivity contribution in [2.24, 2.45) is 5.92 Å². The predicted octanol–water partition coefficient (Wildman–Crippen LogP) is 2.51. The Hall–Kier alpha value is -0.380. The molecule has 1 aliphatic rings. The first-order valence-corrected chi connectivity index (χ1v) is 6.57. The van der Waals surface area contributed by atoms with E-state index in [4.69, 9.17) is 0 Å². The summed E-state index contributed by atoms with van der Waals surface area (Å²) in [4.78, 5) is 3.93. The minimum atomic E-state index is 0.341. The number of nitrogens with zero attached hydrogens (tertiary/aromatic N) is 1. The summed E-state index contributed by atoms with van der Waals surface area (Å²) in [7, 11) is 0. The van der Waals surface area contributed by atoms with Crippen molar-refractivity contribution < 1.29 is 5.11 Å². The molecule has 3 heteroatoms. The SMILES string of the molecule is C[C@@H](c1cccs1)N1CCC[C@@H](CO)C1.